The molecule has 6 nitrogen and oxygen atoms in total. The van der Waals surface area contributed by atoms with Crippen LogP contribution in [0.15, 0.2) is 36.4 Å². The molecule has 3 aromatic rings. The van der Waals surface area contributed by atoms with Crippen LogP contribution in [0.25, 0.3) is 17.0 Å². The largest absolute Gasteiger partial charge is 0.435 e. The van der Waals surface area contributed by atoms with E-state index in [4.69, 9.17) is 27.1 Å². The highest BCUT2D eigenvalue weighted by atomic mass is 35.5. The number of fused-ring (bicyclic) bond motifs is 2. The Bertz CT molecular complexity index is 1250. The summed E-state index contributed by atoms with van der Waals surface area (Å²) in [6.07, 6.45) is 2.92. The summed E-state index contributed by atoms with van der Waals surface area (Å²) in [6.45, 7) is 1.85. The second-order valence-corrected chi connectivity index (χ2v) is 8.86. The molecule has 1 amide bonds. The summed E-state index contributed by atoms with van der Waals surface area (Å²) in [5.41, 5.74) is 7.64. The number of nitrogens with zero attached hydrogens (tertiary/aromatic N) is 1. The van der Waals surface area contributed by atoms with Crippen LogP contribution < -0.4 is 20.9 Å². The molecule has 27 heavy (non-hydrogen) atoms. The van der Waals surface area contributed by atoms with E-state index >= 15 is 0 Å². The van der Waals surface area contributed by atoms with Gasteiger partial charge in [0.2, 0.25) is 0 Å². The van der Waals surface area contributed by atoms with Gasteiger partial charge in [0.05, 0.1) is 16.7 Å². The van der Waals surface area contributed by atoms with Gasteiger partial charge >= 0.3 is 7.37 Å². The number of primary amides is 1. The van der Waals surface area contributed by atoms with Gasteiger partial charge in [-0.2, -0.15) is 5.26 Å². The number of hydrogen-bond donors (Lipinski definition) is 2. The summed E-state index contributed by atoms with van der Waals surface area (Å²) >= 11 is 6.10. The maximum atomic E-state index is 13.8. The Morgan fingerprint density at radius 2 is 2.15 bits per heavy atom. The third kappa shape index (κ3) is 2.56. The molecule has 0 bridgehead atoms. The molecule has 0 saturated heterocycles. The summed E-state index contributed by atoms with van der Waals surface area (Å²) in [6, 6.07) is 10.5. The fourth-order valence-electron chi connectivity index (χ4n) is 3.29. The first-order valence-corrected chi connectivity index (χ1v) is 9.98. The summed E-state index contributed by atoms with van der Waals surface area (Å²) < 4.78 is 19.6. The number of aromatic amines is 1. The molecular formula is C19H13ClN3O3P. The summed E-state index contributed by atoms with van der Waals surface area (Å²) in [7, 11) is -3.54. The minimum atomic E-state index is -3.54. The van der Waals surface area contributed by atoms with Gasteiger partial charge in [0.25, 0.3) is 5.91 Å². The zero-order valence-corrected chi connectivity index (χ0v) is 15.8. The maximum absolute atomic E-state index is 13.8. The van der Waals surface area contributed by atoms with Crippen LogP contribution in [0.4, 0.5) is 0 Å². The second kappa shape index (κ2) is 6.02. The van der Waals surface area contributed by atoms with Crippen molar-refractivity contribution in [1.82, 2.24) is 4.98 Å². The van der Waals surface area contributed by atoms with Crippen LogP contribution in [0.3, 0.4) is 0 Å². The molecule has 3 N–H and O–H groups in total. The fraction of sp³-hybridized carbons (Fsp3) is 0.0526. The van der Waals surface area contributed by atoms with Gasteiger partial charge in [0.15, 0.2) is 0 Å². The number of nitrogens with two attached hydrogens (primary N) is 1. The molecule has 2 aromatic carbocycles. The van der Waals surface area contributed by atoms with E-state index in [9.17, 15) is 9.36 Å². The van der Waals surface area contributed by atoms with E-state index in [0.717, 1.165) is 5.56 Å². The monoisotopic (exact) mass is 397 g/mol. The molecular weight excluding hydrogens is 385 g/mol. The van der Waals surface area contributed by atoms with E-state index in [1.807, 2.05) is 19.1 Å². The Kier molecular flexibility index (Phi) is 3.88. The summed E-state index contributed by atoms with van der Waals surface area (Å²) in [4.78, 5) is 14.9. The minimum absolute atomic E-state index is 0.0388. The lowest BCUT2D eigenvalue weighted by Crippen LogP contribution is -2.34. The molecule has 1 unspecified atom stereocenters. The number of carbonyl (C=O) groups excluding carboxylic acids is 1. The molecule has 0 radical (unpaired) electrons. The lowest BCUT2D eigenvalue weighted by molar-refractivity contribution is 0.0997. The van der Waals surface area contributed by atoms with E-state index < -0.39 is 13.3 Å². The number of allylic oxidation sites excluding steroid dienone is 1. The Labute approximate surface area is 159 Å². The number of halogens is 1. The number of H-pyrrole nitrogens is 1. The van der Waals surface area contributed by atoms with Gasteiger partial charge < -0.3 is 15.2 Å². The molecule has 134 valence electrons. The number of hydrogen-bond acceptors (Lipinski definition) is 4. The third-order valence-electron chi connectivity index (χ3n) is 4.39. The SMILES string of the molecule is Cc1cc(/C=C/C#N)c2c(c1)P(=O)(c1c(C(N)=O)[nH]c3ccc(Cl)cc13)O2. The molecule has 0 fully saturated rings. The van der Waals surface area contributed by atoms with Crippen LogP contribution in [-0.2, 0) is 4.57 Å². The van der Waals surface area contributed by atoms with Gasteiger partial charge in [0, 0.05) is 27.6 Å². The van der Waals surface area contributed by atoms with E-state index in [0.29, 0.717) is 32.5 Å². The average molecular weight is 398 g/mol. The number of nitriles is 1. The topological polar surface area (TPSA) is 109 Å². The molecule has 4 rings (SSSR count). The maximum Gasteiger partial charge on any atom is 0.313 e. The van der Waals surface area contributed by atoms with Crippen LogP contribution in [0.1, 0.15) is 21.6 Å². The number of amides is 1. The first-order valence-electron chi connectivity index (χ1n) is 7.98. The predicted octanol–water partition coefficient (Wildman–Crippen LogP) is 3.39. The van der Waals surface area contributed by atoms with Gasteiger partial charge in [-0.15, -0.1) is 0 Å². The van der Waals surface area contributed by atoms with Crippen molar-refractivity contribution in [2.24, 2.45) is 5.73 Å². The molecule has 2 heterocycles. The highest BCUT2D eigenvalue weighted by molar-refractivity contribution is 7.77. The highest BCUT2D eigenvalue weighted by Crippen LogP contribution is 2.58. The van der Waals surface area contributed by atoms with Gasteiger partial charge in [-0.25, -0.2) is 0 Å². The van der Waals surface area contributed by atoms with Crippen molar-refractivity contribution in [2.75, 3.05) is 0 Å². The molecule has 1 atom stereocenters. The third-order valence-corrected chi connectivity index (χ3v) is 7.09. The summed E-state index contributed by atoms with van der Waals surface area (Å²) in [5, 5.41) is 10.4. The minimum Gasteiger partial charge on any atom is -0.435 e. The van der Waals surface area contributed by atoms with Crippen LogP contribution in [0.2, 0.25) is 5.02 Å². The first kappa shape index (κ1) is 17.4. The summed E-state index contributed by atoms with van der Waals surface area (Å²) in [5.74, 6) is -0.302. The van der Waals surface area contributed by atoms with Crippen molar-refractivity contribution < 1.29 is 13.9 Å². The highest BCUT2D eigenvalue weighted by Gasteiger charge is 2.47. The standard InChI is InChI=1S/C19H13ClN3O3P/c1-10-7-11(3-2-6-21)17-15(8-10)27(25,26-17)18-13-9-12(20)4-5-14(13)23-16(18)19(22)24/h2-5,7-9,23H,1H3,(H2,22,24)/b3-2+. The first-order chi connectivity index (χ1) is 12.8. The predicted molar refractivity (Wildman–Crippen MR) is 105 cm³/mol. The number of nitrogens with one attached hydrogen (secondary N) is 1. The Morgan fingerprint density at radius 3 is 2.85 bits per heavy atom. The molecule has 0 aliphatic carbocycles. The average Bonchev–Trinajstić information content (AvgIpc) is 3.00. The molecule has 0 saturated carbocycles. The van der Waals surface area contributed by atoms with Crippen LogP contribution in [-0.4, -0.2) is 10.9 Å². The molecule has 1 aliphatic heterocycles. The van der Waals surface area contributed by atoms with Crippen molar-refractivity contribution in [3.63, 3.8) is 0 Å². The van der Waals surface area contributed by atoms with Crippen molar-refractivity contribution in [3.05, 3.63) is 58.3 Å². The number of aryl methyl sites for hydroxylation is 1. The zero-order valence-electron chi connectivity index (χ0n) is 14.1. The van der Waals surface area contributed by atoms with Crippen molar-refractivity contribution >= 4 is 52.5 Å². The van der Waals surface area contributed by atoms with Crippen LogP contribution >= 0.6 is 19.0 Å². The van der Waals surface area contributed by atoms with Gasteiger partial charge in [-0.3, -0.25) is 9.36 Å². The Morgan fingerprint density at radius 1 is 1.37 bits per heavy atom. The van der Waals surface area contributed by atoms with Gasteiger partial charge in [-0.1, -0.05) is 11.6 Å². The van der Waals surface area contributed by atoms with Crippen molar-refractivity contribution in [2.45, 2.75) is 6.92 Å². The van der Waals surface area contributed by atoms with Crippen molar-refractivity contribution in [1.29, 1.82) is 5.26 Å². The van der Waals surface area contributed by atoms with E-state index in [1.165, 1.54) is 6.08 Å². The lowest BCUT2D eigenvalue weighted by Gasteiger charge is -2.33. The van der Waals surface area contributed by atoms with Crippen LogP contribution in [0, 0.1) is 18.3 Å². The molecule has 1 aliphatic rings. The smallest absolute Gasteiger partial charge is 0.313 e. The van der Waals surface area contributed by atoms with Gasteiger partial charge in [0.1, 0.15) is 11.4 Å². The zero-order chi connectivity index (χ0) is 19.3. The quantitative estimate of drug-likeness (QED) is 0.521. The fourth-order valence-corrected chi connectivity index (χ4v) is 6.00. The van der Waals surface area contributed by atoms with Crippen LogP contribution in [0.5, 0.6) is 5.75 Å². The Balaban J connectivity index is 2.00. The van der Waals surface area contributed by atoms with E-state index in [-0.39, 0.29) is 11.0 Å². The molecule has 0 spiro atoms. The number of benzene rings is 2. The lowest BCUT2D eigenvalue weighted by atomic mass is 10.1. The van der Waals surface area contributed by atoms with E-state index in [1.54, 1.807) is 30.3 Å². The normalized spacial score (nSPS) is 18.0. The number of carbonyl (C=O) groups is 1. The Hall–Kier alpha value is -3.00. The molecule has 1 aromatic heterocycles. The van der Waals surface area contributed by atoms with Gasteiger partial charge in [-0.05, 0) is 48.9 Å². The van der Waals surface area contributed by atoms with Crippen molar-refractivity contribution in [3.8, 4) is 11.8 Å². The number of aromatic nitrogens is 1. The number of rotatable bonds is 3. The molecule has 8 heteroatoms. The second-order valence-electron chi connectivity index (χ2n) is 6.21. The van der Waals surface area contributed by atoms with E-state index in [2.05, 4.69) is 4.98 Å².